The van der Waals surface area contributed by atoms with Crippen molar-refractivity contribution in [2.45, 2.75) is 46.1 Å². The van der Waals surface area contributed by atoms with Crippen molar-refractivity contribution in [3.8, 4) is 5.75 Å². The number of benzene rings is 1. The molecule has 124 valence electrons. The van der Waals surface area contributed by atoms with Gasteiger partial charge >= 0.3 is 0 Å². The molecule has 0 spiro atoms. The third kappa shape index (κ3) is 4.72. The third-order valence-corrected chi connectivity index (χ3v) is 4.59. The van der Waals surface area contributed by atoms with Gasteiger partial charge in [0.05, 0.1) is 6.61 Å². The minimum absolute atomic E-state index is 0.329. The van der Waals surface area contributed by atoms with Crippen LogP contribution in [0.1, 0.15) is 51.6 Å². The fraction of sp³-hybridized carbons (Fsp3) is 0.684. The van der Waals surface area contributed by atoms with E-state index in [0.29, 0.717) is 12.6 Å². The largest absolute Gasteiger partial charge is 0.494 e. The number of nitrogens with zero attached hydrogens (tertiary/aromatic N) is 1. The zero-order valence-corrected chi connectivity index (χ0v) is 14.4. The molecule has 1 aliphatic rings. The summed E-state index contributed by atoms with van der Waals surface area (Å²) in [7, 11) is 0. The second-order valence-corrected chi connectivity index (χ2v) is 6.92. The van der Waals surface area contributed by atoms with Gasteiger partial charge in [0, 0.05) is 25.7 Å². The first-order chi connectivity index (χ1) is 10.6. The number of nitrogens with two attached hydrogens (primary N) is 1. The molecule has 2 N–H and O–H groups in total. The first-order valence-electron chi connectivity index (χ1n) is 8.80. The van der Waals surface area contributed by atoms with Gasteiger partial charge in [0.15, 0.2) is 0 Å². The van der Waals surface area contributed by atoms with Gasteiger partial charge in [0.2, 0.25) is 0 Å². The Hall–Kier alpha value is -1.06. The van der Waals surface area contributed by atoms with Crippen molar-refractivity contribution in [1.82, 2.24) is 4.90 Å². The molecule has 0 aliphatic carbocycles. The summed E-state index contributed by atoms with van der Waals surface area (Å²) >= 11 is 0. The summed E-state index contributed by atoms with van der Waals surface area (Å²) in [6, 6.07) is 8.87. The minimum Gasteiger partial charge on any atom is -0.494 e. The lowest BCUT2D eigenvalue weighted by Crippen LogP contribution is -2.43. The van der Waals surface area contributed by atoms with Crippen LogP contribution in [0.4, 0.5) is 0 Å². The summed E-state index contributed by atoms with van der Waals surface area (Å²) in [4.78, 5) is 2.56. The topological polar surface area (TPSA) is 38.5 Å². The van der Waals surface area contributed by atoms with Crippen LogP contribution < -0.4 is 10.5 Å². The lowest BCUT2D eigenvalue weighted by Gasteiger charge is -2.40. The van der Waals surface area contributed by atoms with Gasteiger partial charge in [-0.2, -0.15) is 0 Å². The fourth-order valence-electron chi connectivity index (χ4n) is 3.58. The molecule has 0 aromatic heterocycles. The lowest BCUT2D eigenvalue weighted by atomic mass is 9.89. The van der Waals surface area contributed by atoms with Crippen molar-refractivity contribution in [1.29, 1.82) is 0 Å². The van der Waals surface area contributed by atoms with E-state index in [1.165, 1.54) is 18.4 Å². The SMILES string of the molecule is CCCCOc1ccc(C(CN)N2CC(C)CC(C)C2)cc1. The quantitative estimate of drug-likeness (QED) is 0.778. The molecule has 2 rings (SSSR count). The van der Waals surface area contributed by atoms with Gasteiger partial charge in [-0.15, -0.1) is 0 Å². The van der Waals surface area contributed by atoms with Gasteiger partial charge in [0.1, 0.15) is 5.75 Å². The van der Waals surface area contributed by atoms with Gasteiger partial charge in [-0.25, -0.2) is 0 Å². The van der Waals surface area contributed by atoms with Crippen molar-refractivity contribution >= 4 is 0 Å². The summed E-state index contributed by atoms with van der Waals surface area (Å²) in [5, 5.41) is 0. The first kappa shape index (κ1) is 17.3. The van der Waals surface area contributed by atoms with E-state index in [4.69, 9.17) is 10.5 Å². The van der Waals surface area contributed by atoms with Crippen LogP contribution in [0, 0.1) is 11.8 Å². The molecule has 1 aliphatic heterocycles. The summed E-state index contributed by atoms with van der Waals surface area (Å²) in [6.07, 6.45) is 3.60. The van der Waals surface area contributed by atoms with Crippen LogP contribution in [-0.4, -0.2) is 31.1 Å². The molecule has 0 saturated carbocycles. The van der Waals surface area contributed by atoms with E-state index in [2.05, 4.69) is 49.9 Å². The maximum atomic E-state index is 6.09. The van der Waals surface area contributed by atoms with Gasteiger partial charge < -0.3 is 10.5 Å². The van der Waals surface area contributed by atoms with E-state index in [1.807, 2.05) is 0 Å². The predicted molar refractivity (Wildman–Crippen MR) is 93.2 cm³/mol. The monoisotopic (exact) mass is 304 g/mol. The second-order valence-electron chi connectivity index (χ2n) is 6.92. The molecule has 1 aromatic rings. The average Bonchev–Trinajstić information content (AvgIpc) is 2.49. The first-order valence-corrected chi connectivity index (χ1v) is 8.80. The van der Waals surface area contributed by atoms with E-state index in [-0.39, 0.29) is 0 Å². The number of piperidine rings is 1. The molecule has 1 aromatic carbocycles. The molecule has 0 amide bonds. The van der Waals surface area contributed by atoms with E-state index in [9.17, 15) is 0 Å². The van der Waals surface area contributed by atoms with Crippen LogP contribution in [0.5, 0.6) is 5.75 Å². The van der Waals surface area contributed by atoms with Crippen molar-refractivity contribution in [3.05, 3.63) is 29.8 Å². The van der Waals surface area contributed by atoms with Gasteiger partial charge in [0.25, 0.3) is 0 Å². The highest BCUT2D eigenvalue weighted by molar-refractivity contribution is 5.29. The van der Waals surface area contributed by atoms with Gasteiger partial charge in [-0.1, -0.05) is 39.3 Å². The zero-order chi connectivity index (χ0) is 15.9. The maximum absolute atomic E-state index is 6.09. The lowest BCUT2D eigenvalue weighted by molar-refractivity contribution is 0.0984. The summed E-state index contributed by atoms with van der Waals surface area (Å²) in [5.41, 5.74) is 7.40. The molecule has 3 atom stereocenters. The fourth-order valence-corrected chi connectivity index (χ4v) is 3.58. The minimum atomic E-state index is 0.329. The molecule has 3 heteroatoms. The highest BCUT2D eigenvalue weighted by Crippen LogP contribution is 2.29. The van der Waals surface area contributed by atoms with Crippen molar-refractivity contribution in [3.63, 3.8) is 0 Å². The highest BCUT2D eigenvalue weighted by Gasteiger charge is 2.27. The molecule has 3 unspecified atom stereocenters. The molecular formula is C19H32N2O. The highest BCUT2D eigenvalue weighted by atomic mass is 16.5. The average molecular weight is 304 g/mol. The standard InChI is InChI=1S/C19H32N2O/c1-4-5-10-22-18-8-6-17(7-9-18)19(12-20)21-13-15(2)11-16(3)14-21/h6-9,15-16,19H,4-5,10-14,20H2,1-3H3. The Kier molecular flexibility index (Phi) is 6.71. The van der Waals surface area contributed by atoms with E-state index in [0.717, 1.165) is 43.7 Å². The van der Waals surface area contributed by atoms with Gasteiger partial charge in [-0.05, 0) is 42.4 Å². The molecular weight excluding hydrogens is 272 g/mol. The Morgan fingerprint density at radius 1 is 1.18 bits per heavy atom. The Morgan fingerprint density at radius 3 is 2.36 bits per heavy atom. The van der Waals surface area contributed by atoms with E-state index in [1.54, 1.807) is 0 Å². The summed E-state index contributed by atoms with van der Waals surface area (Å²) in [5.74, 6) is 2.48. The number of hydrogen-bond acceptors (Lipinski definition) is 3. The number of unbranched alkanes of at least 4 members (excludes halogenated alkanes) is 1. The molecule has 1 fully saturated rings. The molecule has 1 saturated heterocycles. The Bertz CT molecular complexity index is 422. The number of likely N-dealkylation sites (tertiary alicyclic amines) is 1. The van der Waals surface area contributed by atoms with Gasteiger partial charge in [-0.3, -0.25) is 4.90 Å². The molecule has 3 nitrogen and oxygen atoms in total. The van der Waals surface area contributed by atoms with Crippen LogP contribution >= 0.6 is 0 Å². The van der Waals surface area contributed by atoms with E-state index >= 15 is 0 Å². The maximum Gasteiger partial charge on any atom is 0.119 e. The Morgan fingerprint density at radius 2 is 1.82 bits per heavy atom. The molecule has 0 bridgehead atoms. The van der Waals surface area contributed by atoms with Crippen LogP contribution in [0.3, 0.4) is 0 Å². The van der Waals surface area contributed by atoms with Crippen molar-refractivity contribution in [2.75, 3.05) is 26.2 Å². The smallest absolute Gasteiger partial charge is 0.119 e. The Labute approximate surface area is 135 Å². The second kappa shape index (κ2) is 8.54. The summed E-state index contributed by atoms with van der Waals surface area (Å²) in [6.45, 7) is 10.7. The third-order valence-electron chi connectivity index (χ3n) is 4.59. The molecule has 22 heavy (non-hydrogen) atoms. The summed E-state index contributed by atoms with van der Waals surface area (Å²) < 4.78 is 5.75. The predicted octanol–water partition coefficient (Wildman–Crippen LogP) is 3.84. The molecule has 0 radical (unpaired) electrons. The van der Waals surface area contributed by atoms with Crippen LogP contribution in [0.15, 0.2) is 24.3 Å². The van der Waals surface area contributed by atoms with Crippen LogP contribution in [0.2, 0.25) is 0 Å². The van der Waals surface area contributed by atoms with Crippen LogP contribution in [0.25, 0.3) is 0 Å². The van der Waals surface area contributed by atoms with Crippen LogP contribution in [-0.2, 0) is 0 Å². The normalized spacial score (nSPS) is 24.2. The number of hydrogen-bond donors (Lipinski definition) is 1. The Balaban J connectivity index is 2.01. The molecule has 1 heterocycles. The number of ether oxygens (including phenoxy) is 1. The zero-order valence-electron chi connectivity index (χ0n) is 14.4. The van der Waals surface area contributed by atoms with E-state index < -0.39 is 0 Å². The van der Waals surface area contributed by atoms with Crippen molar-refractivity contribution < 1.29 is 4.74 Å². The van der Waals surface area contributed by atoms with Crippen molar-refractivity contribution in [2.24, 2.45) is 17.6 Å². The number of rotatable bonds is 7.